The molecule has 24 heavy (non-hydrogen) atoms. The first-order chi connectivity index (χ1) is 11.6. The van der Waals surface area contributed by atoms with Crippen molar-refractivity contribution in [3.05, 3.63) is 53.6 Å². The van der Waals surface area contributed by atoms with Crippen LogP contribution >= 0.6 is 0 Å². The normalized spacial score (nSPS) is 10.2. The Labute approximate surface area is 142 Å². The van der Waals surface area contributed by atoms with Crippen LogP contribution in [0.15, 0.2) is 42.5 Å². The van der Waals surface area contributed by atoms with Crippen LogP contribution in [0.2, 0.25) is 0 Å². The first kappa shape index (κ1) is 17.7. The van der Waals surface area contributed by atoms with Crippen LogP contribution < -0.4 is 14.4 Å². The fourth-order valence-electron chi connectivity index (χ4n) is 2.46. The van der Waals surface area contributed by atoms with E-state index in [2.05, 4.69) is 17.0 Å². The maximum Gasteiger partial charge on any atom is 0.337 e. The van der Waals surface area contributed by atoms with Gasteiger partial charge in [0.25, 0.3) is 0 Å². The molecule has 2 aromatic carbocycles. The summed E-state index contributed by atoms with van der Waals surface area (Å²) in [5, 5.41) is 0. The number of hydrogen-bond donors (Lipinski definition) is 0. The van der Waals surface area contributed by atoms with Crippen LogP contribution in [-0.4, -0.2) is 40.9 Å². The molecule has 0 N–H and O–H groups in total. The molecule has 0 amide bonds. The quantitative estimate of drug-likeness (QED) is 0.730. The van der Waals surface area contributed by atoms with Gasteiger partial charge in [-0.25, -0.2) is 4.79 Å². The fourth-order valence-corrected chi connectivity index (χ4v) is 2.46. The lowest BCUT2D eigenvalue weighted by Crippen LogP contribution is -2.13. The van der Waals surface area contributed by atoms with Gasteiger partial charge in [0.15, 0.2) is 11.5 Å². The van der Waals surface area contributed by atoms with Crippen molar-refractivity contribution in [1.29, 1.82) is 0 Å². The van der Waals surface area contributed by atoms with E-state index in [0.717, 1.165) is 6.42 Å². The van der Waals surface area contributed by atoms with Gasteiger partial charge in [0.1, 0.15) is 0 Å². The Morgan fingerprint density at radius 3 is 2.46 bits per heavy atom. The van der Waals surface area contributed by atoms with E-state index in [1.54, 1.807) is 25.3 Å². The molecule has 0 bridgehead atoms. The Morgan fingerprint density at radius 2 is 1.79 bits per heavy atom. The zero-order valence-corrected chi connectivity index (χ0v) is 14.5. The third-order valence-electron chi connectivity index (χ3n) is 3.69. The van der Waals surface area contributed by atoms with Crippen LogP contribution in [0.25, 0.3) is 0 Å². The van der Waals surface area contributed by atoms with Gasteiger partial charge < -0.3 is 19.1 Å². The predicted octanol–water partition coefficient (Wildman–Crippen LogP) is 3.17. The van der Waals surface area contributed by atoms with Crippen LogP contribution in [0.4, 0.5) is 5.69 Å². The second kappa shape index (κ2) is 8.24. The van der Waals surface area contributed by atoms with E-state index in [1.807, 2.05) is 26.2 Å². The van der Waals surface area contributed by atoms with E-state index >= 15 is 0 Å². The standard InChI is InChI=1S/C19H23NO4/c1-20(2)16-8-6-5-7-14(16)11-12-24-17-10-9-15(19(21)23-4)13-18(17)22-3/h5-10,13H,11-12H2,1-4H3. The summed E-state index contributed by atoms with van der Waals surface area (Å²) in [5.74, 6) is 0.714. The zero-order valence-electron chi connectivity index (χ0n) is 14.5. The van der Waals surface area contributed by atoms with Crippen molar-refractivity contribution in [1.82, 2.24) is 0 Å². The minimum Gasteiger partial charge on any atom is -0.493 e. The molecular weight excluding hydrogens is 306 g/mol. The Hall–Kier alpha value is -2.69. The second-order valence-corrected chi connectivity index (χ2v) is 5.48. The molecule has 128 valence electrons. The van der Waals surface area contributed by atoms with Crippen molar-refractivity contribution in [3.63, 3.8) is 0 Å². The van der Waals surface area contributed by atoms with Gasteiger partial charge >= 0.3 is 5.97 Å². The number of ether oxygens (including phenoxy) is 3. The van der Waals surface area contributed by atoms with E-state index in [0.29, 0.717) is 23.7 Å². The minimum atomic E-state index is -0.403. The number of hydrogen-bond acceptors (Lipinski definition) is 5. The third kappa shape index (κ3) is 4.19. The van der Waals surface area contributed by atoms with Crippen LogP contribution in [0.5, 0.6) is 11.5 Å². The van der Waals surface area contributed by atoms with Crippen LogP contribution in [0, 0.1) is 0 Å². The van der Waals surface area contributed by atoms with Gasteiger partial charge in [-0.2, -0.15) is 0 Å². The Balaban J connectivity index is 2.06. The SMILES string of the molecule is COC(=O)c1ccc(OCCc2ccccc2N(C)C)c(OC)c1. The highest BCUT2D eigenvalue weighted by Gasteiger charge is 2.11. The van der Waals surface area contributed by atoms with Crippen molar-refractivity contribution >= 4 is 11.7 Å². The van der Waals surface area contributed by atoms with Crippen LogP contribution in [0.1, 0.15) is 15.9 Å². The van der Waals surface area contributed by atoms with Gasteiger partial charge in [-0.1, -0.05) is 18.2 Å². The largest absolute Gasteiger partial charge is 0.493 e. The smallest absolute Gasteiger partial charge is 0.337 e. The highest BCUT2D eigenvalue weighted by molar-refractivity contribution is 5.90. The molecule has 0 heterocycles. The van der Waals surface area contributed by atoms with Gasteiger partial charge in [0.05, 0.1) is 26.4 Å². The summed E-state index contributed by atoms with van der Waals surface area (Å²) >= 11 is 0. The molecule has 2 aromatic rings. The van der Waals surface area contributed by atoms with E-state index in [1.165, 1.54) is 18.4 Å². The van der Waals surface area contributed by atoms with Gasteiger partial charge in [0, 0.05) is 26.2 Å². The molecule has 0 aliphatic carbocycles. The number of esters is 1. The molecule has 0 aliphatic rings. The van der Waals surface area contributed by atoms with E-state index in [-0.39, 0.29) is 0 Å². The van der Waals surface area contributed by atoms with Crippen molar-refractivity contribution in [2.24, 2.45) is 0 Å². The summed E-state index contributed by atoms with van der Waals surface area (Å²) in [6.45, 7) is 0.513. The molecule has 0 unspecified atom stereocenters. The number of rotatable bonds is 7. The average Bonchev–Trinajstić information content (AvgIpc) is 2.61. The molecule has 0 aliphatic heterocycles. The summed E-state index contributed by atoms with van der Waals surface area (Å²) in [5.41, 5.74) is 2.82. The molecule has 5 nitrogen and oxygen atoms in total. The summed E-state index contributed by atoms with van der Waals surface area (Å²) in [7, 11) is 6.94. The molecule has 0 fully saturated rings. The molecule has 2 rings (SSSR count). The molecule has 0 spiro atoms. The molecule has 0 saturated heterocycles. The van der Waals surface area contributed by atoms with E-state index < -0.39 is 5.97 Å². The molecule has 0 radical (unpaired) electrons. The number of para-hydroxylation sites is 1. The summed E-state index contributed by atoms with van der Waals surface area (Å²) < 4.78 is 15.9. The van der Waals surface area contributed by atoms with Gasteiger partial charge in [-0.3, -0.25) is 0 Å². The highest BCUT2D eigenvalue weighted by atomic mass is 16.5. The number of methoxy groups -OCH3 is 2. The average molecular weight is 329 g/mol. The summed E-state index contributed by atoms with van der Waals surface area (Å²) in [6, 6.07) is 13.2. The Kier molecular flexibility index (Phi) is 6.07. The van der Waals surface area contributed by atoms with Crippen molar-refractivity contribution in [3.8, 4) is 11.5 Å². The van der Waals surface area contributed by atoms with Gasteiger partial charge in [0.2, 0.25) is 0 Å². The summed E-state index contributed by atoms with van der Waals surface area (Å²) in [6.07, 6.45) is 0.774. The number of carbonyl (C=O) groups excluding carboxylic acids is 1. The monoisotopic (exact) mass is 329 g/mol. The second-order valence-electron chi connectivity index (χ2n) is 5.48. The number of benzene rings is 2. The van der Waals surface area contributed by atoms with E-state index in [4.69, 9.17) is 14.2 Å². The predicted molar refractivity (Wildman–Crippen MR) is 94.3 cm³/mol. The lowest BCUT2D eigenvalue weighted by Gasteiger charge is -2.18. The molecule has 0 atom stereocenters. The third-order valence-corrected chi connectivity index (χ3v) is 3.69. The molecule has 0 saturated carbocycles. The highest BCUT2D eigenvalue weighted by Crippen LogP contribution is 2.29. The van der Waals surface area contributed by atoms with Crippen LogP contribution in [0.3, 0.4) is 0 Å². The molecule has 0 aromatic heterocycles. The topological polar surface area (TPSA) is 48.0 Å². The first-order valence-electron chi connectivity index (χ1n) is 7.71. The maximum absolute atomic E-state index is 11.6. The van der Waals surface area contributed by atoms with E-state index in [9.17, 15) is 4.79 Å². The maximum atomic E-state index is 11.6. The Morgan fingerprint density at radius 1 is 1.04 bits per heavy atom. The van der Waals surface area contributed by atoms with Crippen molar-refractivity contribution in [2.45, 2.75) is 6.42 Å². The number of carbonyl (C=O) groups is 1. The van der Waals surface area contributed by atoms with Crippen LogP contribution in [-0.2, 0) is 11.2 Å². The Bertz CT molecular complexity index is 698. The summed E-state index contributed by atoms with van der Waals surface area (Å²) in [4.78, 5) is 13.7. The minimum absolute atomic E-state index is 0.403. The van der Waals surface area contributed by atoms with Crippen molar-refractivity contribution < 1.29 is 19.0 Å². The number of anilines is 1. The van der Waals surface area contributed by atoms with Crippen molar-refractivity contribution in [2.75, 3.05) is 39.8 Å². The van der Waals surface area contributed by atoms with Gasteiger partial charge in [-0.15, -0.1) is 0 Å². The number of nitrogens with zero attached hydrogens (tertiary/aromatic N) is 1. The molecule has 5 heteroatoms. The fraction of sp³-hybridized carbons (Fsp3) is 0.316. The molecular formula is C19H23NO4. The lowest BCUT2D eigenvalue weighted by atomic mass is 10.1. The van der Waals surface area contributed by atoms with Gasteiger partial charge in [-0.05, 0) is 29.8 Å². The first-order valence-corrected chi connectivity index (χ1v) is 7.71. The zero-order chi connectivity index (χ0) is 17.5. The lowest BCUT2D eigenvalue weighted by molar-refractivity contribution is 0.0600.